The number of amides is 1. The minimum absolute atomic E-state index is 0.00531. The van der Waals surface area contributed by atoms with Gasteiger partial charge >= 0.3 is 5.97 Å². The number of rotatable bonds is 65. The predicted octanol–water partition coefficient (Wildman–Crippen LogP) is 22.5. The fraction of sp³-hybridized carbons (Fsp3) is 0.861. The average Bonchev–Trinajstić information content (AvgIpc) is 3.44. The Labute approximate surface area is 486 Å². The molecule has 0 saturated heterocycles. The first-order valence-electron chi connectivity index (χ1n) is 34.9. The van der Waals surface area contributed by atoms with E-state index in [1.165, 1.54) is 295 Å². The summed E-state index contributed by atoms with van der Waals surface area (Å²) in [5.41, 5.74) is 0. The first-order chi connectivity index (χ1) is 38.5. The van der Waals surface area contributed by atoms with Crippen LogP contribution in [0.1, 0.15) is 373 Å². The van der Waals surface area contributed by atoms with Crippen LogP contribution in [-0.2, 0) is 14.3 Å². The lowest BCUT2D eigenvalue weighted by atomic mass is 10.0. The molecule has 1 amide bonds. The van der Waals surface area contributed by atoms with Gasteiger partial charge in [0.2, 0.25) is 5.91 Å². The highest BCUT2D eigenvalue weighted by molar-refractivity contribution is 5.76. The van der Waals surface area contributed by atoms with Crippen LogP contribution in [0.5, 0.6) is 0 Å². The third-order valence-corrected chi connectivity index (χ3v) is 16.1. The first kappa shape index (κ1) is 75.8. The van der Waals surface area contributed by atoms with Gasteiger partial charge in [0, 0.05) is 12.8 Å². The number of esters is 1. The molecule has 0 rings (SSSR count). The molecular weight excluding hydrogens is 959 g/mol. The van der Waals surface area contributed by atoms with Crippen LogP contribution < -0.4 is 5.32 Å². The van der Waals surface area contributed by atoms with Gasteiger partial charge < -0.3 is 20.3 Å². The summed E-state index contributed by atoms with van der Waals surface area (Å²) in [5.74, 6) is -0.0586. The topological polar surface area (TPSA) is 95.9 Å². The van der Waals surface area contributed by atoms with Gasteiger partial charge in [-0.25, -0.2) is 0 Å². The molecular formula is C72H135NO5. The average molecular weight is 1090 g/mol. The maximum Gasteiger partial charge on any atom is 0.305 e. The number of nitrogens with one attached hydrogen (secondary N) is 1. The van der Waals surface area contributed by atoms with Crippen molar-refractivity contribution in [1.29, 1.82) is 0 Å². The monoisotopic (exact) mass is 1090 g/mol. The van der Waals surface area contributed by atoms with Crippen molar-refractivity contribution in [2.45, 2.75) is 386 Å². The normalized spacial score (nSPS) is 12.8. The largest absolute Gasteiger partial charge is 0.466 e. The molecule has 6 nitrogen and oxygen atoms in total. The summed E-state index contributed by atoms with van der Waals surface area (Å²) in [6.45, 7) is 4.88. The zero-order valence-electron chi connectivity index (χ0n) is 52.4. The molecule has 0 radical (unpaired) electrons. The van der Waals surface area contributed by atoms with Crippen molar-refractivity contribution in [2.75, 3.05) is 13.2 Å². The van der Waals surface area contributed by atoms with Crippen LogP contribution in [0.3, 0.4) is 0 Å². The molecule has 0 aromatic carbocycles. The van der Waals surface area contributed by atoms with Crippen molar-refractivity contribution in [1.82, 2.24) is 5.32 Å². The summed E-state index contributed by atoms with van der Waals surface area (Å²) in [7, 11) is 0. The van der Waals surface area contributed by atoms with Gasteiger partial charge in [0.25, 0.3) is 0 Å². The number of ether oxygens (including phenoxy) is 1. The molecule has 0 aliphatic carbocycles. The van der Waals surface area contributed by atoms with Crippen LogP contribution in [-0.4, -0.2) is 47.4 Å². The van der Waals surface area contributed by atoms with Crippen molar-refractivity contribution < 1.29 is 24.5 Å². The van der Waals surface area contributed by atoms with E-state index >= 15 is 0 Å². The van der Waals surface area contributed by atoms with E-state index in [-0.39, 0.29) is 18.5 Å². The zero-order chi connectivity index (χ0) is 56.4. The Morgan fingerprint density at radius 2 is 0.654 bits per heavy atom. The SMILES string of the molecule is CCCC/C=C\CCCCCCCC(=O)OCCCCCCCCCCCCC/C=C\C/C=C\CCCCCCCCCCCCCCCCCCCC(=O)NC(CO)C(O)/C=C/CCCCCCCCCCCCCCC. The molecule has 0 heterocycles. The maximum atomic E-state index is 12.5. The van der Waals surface area contributed by atoms with Crippen LogP contribution in [0.4, 0.5) is 0 Å². The highest BCUT2D eigenvalue weighted by atomic mass is 16.5. The molecule has 458 valence electrons. The Kier molecular flexibility index (Phi) is 65.4. The van der Waals surface area contributed by atoms with Gasteiger partial charge in [-0.3, -0.25) is 9.59 Å². The van der Waals surface area contributed by atoms with Gasteiger partial charge in [0.05, 0.1) is 25.4 Å². The van der Waals surface area contributed by atoms with Gasteiger partial charge in [-0.15, -0.1) is 0 Å². The lowest BCUT2D eigenvalue weighted by Crippen LogP contribution is -2.45. The Morgan fingerprint density at radius 3 is 1.03 bits per heavy atom. The van der Waals surface area contributed by atoms with Crippen molar-refractivity contribution in [3.05, 3.63) is 48.6 Å². The molecule has 78 heavy (non-hydrogen) atoms. The van der Waals surface area contributed by atoms with E-state index in [2.05, 4.69) is 55.6 Å². The van der Waals surface area contributed by atoms with Crippen molar-refractivity contribution >= 4 is 11.9 Å². The second-order valence-corrected chi connectivity index (χ2v) is 23.9. The van der Waals surface area contributed by atoms with Crippen LogP contribution in [0.15, 0.2) is 48.6 Å². The molecule has 0 aliphatic heterocycles. The standard InChI is InChI=1S/C72H135NO5/c1-3-5-7-9-11-13-15-16-38-41-45-48-52-56-60-64-70(75)69(68-74)73-71(76)65-61-57-53-49-46-42-39-36-34-32-30-28-26-24-22-20-18-17-19-21-23-25-27-29-31-33-35-37-40-43-47-51-55-59-63-67-78-72(77)66-62-58-54-50-44-14-12-10-8-6-4-2/h10,12,19,21,25,27,60,64,69-70,74-75H,3-9,11,13-18,20,22-24,26,28-59,61-63,65-68H2,1-2H3,(H,73,76)/b12-10-,21-19-,27-25-,64-60+. The lowest BCUT2D eigenvalue weighted by Gasteiger charge is -2.20. The molecule has 3 N–H and O–H groups in total. The van der Waals surface area contributed by atoms with E-state index in [1.807, 2.05) is 6.08 Å². The first-order valence-corrected chi connectivity index (χ1v) is 34.9. The van der Waals surface area contributed by atoms with Crippen LogP contribution in [0.25, 0.3) is 0 Å². The molecule has 2 unspecified atom stereocenters. The number of aliphatic hydroxyl groups excluding tert-OH is 2. The summed E-state index contributed by atoms with van der Waals surface area (Å²) in [6.07, 6.45) is 87.7. The van der Waals surface area contributed by atoms with Crippen LogP contribution in [0, 0.1) is 0 Å². The highest BCUT2D eigenvalue weighted by Crippen LogP contribution is 2.18. The maximum absolute atomic E-state index is 12.5. The third-order valence-electron chi connectivity index (χ3n) is 16.1. The fourth-order valence-electron chi connectivity index (χ4n) is 10.7. The van der Waals surface area contributed by atoms with Gasteiger partial charge in [0.1, 0.15) is 0 Å². The number of hydrogen-bond donors (Lipinski definition) is 3. The van der Waals surface area contributed by atoms with Crippen LogP contribution in [0.2, 0.25) is 0 Å². The van der Waals surface area contributed by atoms with Crippen molar-refractivity contribution in [2.24, 2.45) is 0 Å². The Bertz CT molecular complexity index is 1310. The van der Waals surface area contributed by atoms with E-state index in [0.29, 0.717) is 19.4 Å². The van der Waals surface area contributed by atoms with Crippen molar-refractivity contribution in [3.63, 3.8) is 0 Å². The number of carbonyl (C=O) groups is 2. The fourth-order valence-corrected chi connectivity index (χ4v) is 10.7. The molecule has 0 saturated carbocycles. The Morgan fingerprint density at radius 1 is 0.359 bits per heavy atom. The summed E-state index contributed by atoms with van der Waals surface area (Å²) in [5, 5.41) is 23.2. The molecule has 0 aliphatic rings. The van der Waals surface area contributed by atoms with Gasteiger partial charge in [-0.2, -0.15) is 0 Å². The van der Waals surface area contributed by atoms with Gasteiger partial charge in [-0.1, -0.05) is 326 Å². The lowest BCUT2D eigenvalue weighted by molar-refractivity contribution is -0.143. The van der Waals surface area contributed by atoms with E-state index in [1.54, 1.807) is 6.08 Å². The highest BCUT2D eigenvalue weighted by Gasteiger charge is 2.18. The number of hydrogen-bond acceptors (Lipinski definition) is 5. The summed E-state index contributed by atoms with van der Waals surface area (Å²) >= 11 is 0. The second kappa shape index (κ2) is 67.3. The van der Waals surface area contributed by atoms with E-state index in [0.717, 1.165) is 51.4 Å². The number of allylic oxidation sites excluding steroid dienone is 7. The molecule has 0 aromatic rings. The summed E-state index contributed by atoms with van der Waals surface area (Å²) < 4.78 is 5.46. The summed E-state index contributed by atoms with van der Waals surface area (Å²) in [4.78, 5) is 24.5. The minimum Gasteiger partial charge on any atom is -0.466 e. The van der Waals surface area contributed by atoms with Gasteiger partial charge in [-0.05, 0) is 83.5 Å². The molecule has 2 atom stereocenters. The molecule has 0 spiro atoms. The number of aliphatic hydroxyl groups is 2. The van der Waals surface area contributed by atoms with E-state index < -0.39 is 12.1 Å². The molecule has 6 heteroatoms. The van der Waals surface area contributed by atoms with Crippen LogP contribution >= 0.6 is 0 Å². The van der Waals surface area contributed by atoms with Crippen molar-refractivity contribution in [3.8, 4) is 0 Å². The number of unbranched alkanes of at least 4 members (excludes halogenated alkanes) is 48. The Hall–Kier alpha value is -2.18. The van der Waals surface area contributed by atoms with E-state index in [4.69, 9.17) is 4.74 Å². The number of carbonyl (C=O) groups excluding carboxylic acids is 2. The molecule has 0 aromatic heterocycles. The zero-order valence-corrected chi connectivity index (χ0v) is 52.4. The van der Waals surface area contributed by atoms with Gasteiger partial charge in [0.15, 0.2) is 0 Å². The third kappa shape index (κ3) is 63.0. The Balaban J connectivity index is 3.39. The minimum atomic E-state index is -0.843. The molecule has 0 bridgehead atoms. The van der Waals surface area contributed by atoms with E-state index in [9.17, 15) is 19.8 Å². The summed E-state index contributed by atoms with van der Waals surface area (Å²) in [6, 6.07) is -0.626. The predicted molar refractivity (Wildman–Crippen MR) is 342 cm³/mol. The second-order valence-electron chi connectivity index (χ2n) is 23.9. The quantitative estimate of drug-likeness (QED) is 0.0320. The smallest absolute Gasteiger partial charge is 0.305 e. The molecule has 0 fully saturated rings.